The lowest BCUT2D eigenvalue weighted by atomic mass is 10.3. The molecule has 0 aliphatic rings. The highest BCUT2D eigenvalue weighted by atomic mass is 79.9. The van der Waals surface area contributed by atoms with Gasteiger partial charge in [-0.05, 0) is 32.0 Å². The van der Waals surface area contributed by atoms with Gasteiger partial charge in [-0.15, -0.1) is 0 Å². The number of anilines is 1. The summed E-state index contributed by atoms with van der Waals surface area (Å²) < 4.78 is 2.90. The topological polar surface area (TPSA) is 58.0 Å². The first-order valence-corrected chi connectivity index (χ1v) is 6.23. The maximum Gasteiger partial charge on any atom is 0.253 e. The molecule has 1 aromatic carbocycles. The molecule has 5 nitrogen and oxygen atoms in total. The molecule has 0 saturated carbocycles. The van der Waals surface area contributed by atoms with Gasteiger partial charge in [-0.2, -0.15) is 4.98 Å². The van der Waals surface area contributed by atoms with Gasteiger partial charge in [0.1, 0.15) is 0 Å². The van der Waals surface area contributed by atoms with Crippen LogP contribution in [0.2, 0.25) is 0 Å². The highest BCUT2D eigenvalue weighted by molar-refractivity contribution is 9.10. The molecule has 0 amide bonds. The molecule has 0 spiro atoms. The summed E-state index contributed by atoms with van der Waals surface area (Å²) in [5.41, 5.74) is 1.95. The minimum Gasteiger partial charge on any atom is -0.352 e. The van der Waals surface area contributed by atoms with Crippen molar-refractivity contribution in [2.75, 3.05) is 5.32 Å². The number of imidazole rings is 1. The number of H-pyrrole nitrogens is 1. The Morgan fingerprint density at radius 1 is 1.35 bits per heavy atom. The van der Waals surface area contributed by atoms with Gasteiger partial charge in [-0.1, -0.05) is 15.9 Å². The molecule has 88 valence electrons. The quantitative estimate of drug-likeness (QED) is 0.764. The number of nitrogens with one attached hydrogen (secondary N) is 2. The van der Waals surface area contributed by atoms with Gasteiger partial charge in [0.15, 0.2) is 0 Å². The van der Waals surface area contributed by atoms with Crippen LogP contribution in [0.15, 0.2) is 22.7 Å². The Morgan fingerprint density at radius 3 is 2.94 bits per heavy atom. The third-order valence-electron chi connectivity index (χ3n) is 2.45. The van der Waals surface area contributed by atoms with Crippen LogP contribution in [0, 0.1) is 0 Å². The van der Waals surface area contributed by atoms with Crippen molar-refractivity contribution < 1.29 is 0 Å². The fourth-order valence-corrected chi connectivity index (χ4v) is 2.14. The lowest BCUT2D eigenvalue weighted by molar-refractivity contribution is 0.870. The molecule has 0 bridgehead atoms. The summed E-state index contributed by atoms with van der Waals surface area (Å²) in [6.07, 6.45) is 0. The Labute approximate surface area is 106 Å². The van der Waals surface area contributed by atoms with Gasteiger partial charge < -0.3 is 5.32 Å². The van der Waals surface area contributed by atoms with Crippen LogP contribution in [0.25, 0.3) is 16.8 Å². The summed E-state index contributed by atoms with van der Waals surface area (Å²) in [5.74, 6) is 1.42. The molecule has 0 aliphatic heterocycles. The predicted molar refractivity (Wildman–Crippen MR) is 71.3 cm³/mol. The van der Waals surface area contributed by atoms with Crippen molar-refractivity contribution in [3.05, 3.63) is 22.7 Å². The first kappa shape index (κ1) is 10.6. The van der Waals surface area contributed by atoms with Crippen molar-refractivity contribution in [2.45, 2.75) is 19.9 Å². The van der Waals surface area contributed by atoms with Gasteiger partial charge in [0.25, 0.3) is 5.78 Å². The molecule has 0 unspecified atom stereocenters. The van der Waals surface area contributed by atoms with E-state index in [-0.39, 0.29) is 0 Å². The van der Waals surface area contributed by atoms with Crippen molar-refractivity contribution in [2.24, 2.45) is 0 Å². The first-order valence-electron chi connectivity index (χ1n) is 5.44. The Hall–Kier alpha value is -1.56. The van der Waals surface area contributed by atoms with Crippen molar-refractivity contribution in [3.8, 4) is 0 Å². The lowest BCUT2D eigenvalue weighted by Crippen LogP contribution is -2.10. The lowest BCUT2D eigenvalue weighted by Gasteiger charge is -2.04. The number of aromatic nitrogens is 4. The zero-order chi connectivity index (χ0) is 12.0. The summed E-state index contributed by atoms with van der Waals surface area (Å²) in [4.78, 5) is 8.84. The van der Waals surface area contributed by atoms with Crippen LogP contribution in [-0.4, -0.2) is 25.6 Å². The van der Waals surface area contributed by atoms with Gasteiger partial charge in [-0.25, -0.2) is 9.50 Å². The number of benzene rings is 1. The Balaban J connectivity index is 2.18. The standard InChI is InChI=1S/C11H12BrN5/c1-6(2)13-10-15-11-14-8-5-7(12)3-4-9(8)17(11)16-10/h3-6H,1-2H3,(H2,13,14,15,16). The van der Waals surface area contributed by atoms with Crippen LogP contribution in [0.4, 0.5) is 5.95 Å². The normalized spacial score (nSPS) is 11.8. The minimum absolute atomic E-state index is 0.339. The smallest absolute Gasteiger partial charge is 0.253 e. The van der Waals surface area contributed by atoms with E-state index in [1.165, 1.54) is 0 Å². The van der Waals surface area contributed by atoms with Gasteiger partial charge in [-0.3, -0.25) is 5.10 Å². The monoisotopic (exact) mass is 293 g/mol. The van der Waals surface area contributed by atoms with Gasteiger partial charge in [0, 0.05) is 10.5 Å². The van der Waals surface area contributed by atoms with E-state index in [0.717, 1.165) is 21.5 Å². The van der Waals surface area contributed by atoms with Crippen molar-refractivity contribution in [1.29, 1.82) is 0 Å². The second kappa shape index (κ2) is 3.73. The summed E-state index contributed by atoms with van der Waals surface area (Å²) in [6.45, 7) is 4.14. The maximum atomic E-state index is 4.45. The van der Waals surface area contributed by atoms with Crippen LogP contribution >= 0.6 is 15.9 Å². The summed E-state index contributed by atoms with van der Waals surface area (Å²) in [7, 11) is 0. The van der Waals surface area contributed by atoms with Crippen molar-refractivity contribution in [3.63, 3.8) is 0 Å². The molecule has 3 aromatic rings. The van der Waals surface area contributed by atoms with E-state index in [4.69, 9.17) is 0 Å². The first-order chi connectivity index (χ1) is 8.13. The maximum absolute atomic E-state index is 4.45. The minimum atomic E-state index is 0.339. The van der Waals surface area contributed by atoms with Crippen molar-refractivity contribution in [1.82, 2.24) is 19.6 Å². The van der Waals surface area contributed by atoms with Crippen LogP contribution in [0.5, 0.6) is 0 Å². The summed E-state index contributed by atoms with van der Waals surface area (Å²) in [6, 6.07) is 6.32. The highest BCUT2D eigenvalue weighted by Crippen LogP contribution is 2.20. The molecule has 6 heteroatoms. The number of aromatic amines is 1. The van der Waals surface area contributed by atoms with Gasteiger partial charge >= 0.3 is 0 Å². The molecule has 2 N–H and O–H groups in total. The third-order valence-corrected chi connectivity index (χ3v) is 2.95. The summed E-state index contributed by atoms with van der Waals surface area (Å²) >= 11 is 3.43. The number of hydrogen-bond acceptors (Lipinski definition) is 3. The van der Waals surface area contributed by atoms with Crippen LogP contribution in [0.3, 0.4) is 0 Å². The zero-order valence-corrected chi connectivity index (χ0v) is 11.1. The van der Waals surface area contributed by atoms with E-state index >= 15 is 0 Å². The molecule has 2 aromatic heterocycles. The average molecular weight is 294 g/mol. The molecule has 2 heterocycles. The number of fused-ring (bicyclic) bond motifs is 3. The van der Waals surface area contributed by atoms with E-state index in [2.05, 4.69) is 50.2 Å². The number of nitrogens with zero attached hydrogens (tertiary/aromatic N) is 3. The van der Waals surface area contributed by atoms with E-state index in [9.17, 15) is 0 Å². The largest absolute Gasteiger partial charge is 0.352 e. The van der Waals surface area contributed by atoms with Crippen LogP contribution in [-0.2, 0) is 0 Å². The molecule has 0 aliphatic carbocycles. The fraction of sp³-hybridized carbons (Fsp3) is 0.273. The van der Waals surface area contributed by atoms with E-state index in [1.807, 2.05) is 22.7 Å². The van der Waals surface area contributed by atoms with Crippen molar-refractivity contribution >= 4 is 38.7 Å². The second-order valence-electron chi connectivity index (χ2n) is 4.25. The molecule has 0 saturated heterocycles. The van der Waals surface area contributed by atoms with Gasteiger partial charge in [0.05, 0.1) is 11.0 Å². The van der Waals surface area contributed by atoms with E-state index in [1.54, 1.807) is 0 Å². The second-order valence-corrected chi connectivity index (χ2v) is 5.17. The molecule has 17 heavy (non-hydrogen) atoms. The predicted octanol–water partition coefficient (Wildman–Crippen LogP) is 2.79. The molecular formula is C11H12BrN5. The Morgan fingerprint density at radius 2 is 2.18 bits per heavy atom. The molecule has 0 fully saturated rings. The van der Waals surface area contributed by atoms with Crippen LogP contribution in [0.1, 0.15) is 13.8 Å². The van der Waals surface area contributed by atoms with E-state index < -0.39 is 0 Å². The number of halogens is 1. The molecular weight excluding hydrogens is 282 g/mol. The highest BCUT2D eigenvalue weighted by Gasteiger charge is 2.09. The number of rotatable bonds is 2. The summed E-state index contributed by atoms with van der Waals surface area (Å²) in [5, 5.41) is 6.41. The molecule has 3 rings (SSSR count). The molecule has 0 radical (unpaired) electrons. The fourth-order valence-electron chi connectivity index (χ4n) is 1.79. The molecule has 0 atom stereocenters. The van der Waals surface area contributed by atoms with Crippen LogP contribution < -0.4 is 5.32 Å². The van der Waals surface area contributed by atoms with Gasteiger partial charge in [0.2, 0.25) is 5.95 Å². The van der Waals surface area contributed by atoms with E-state index in [0.29, 0.717) is 11.8 Å². The third kappa shape index (κ3) is 1.78. The Bertz CT molecular complexity index is 682. The average Bonchev–Trinajstić information content (AvgIpc) is 2.72. The Kier molecular flexibility index (Phi) is 2.32. The number of hydrogen-bond donors (Lipinski definition) is 2. The zero-order valence-electron chi connectivity index (χ0n) is 9.53. The SMILES string of the molecule is CC(C)Nc1nc2nc3cc(Br)ccc3n2[nH]1.